The zero-order valence-corrected chi connectivity index (χ0v) is 11.0. The molecule has 0 spiro atoms. The summed E-state index contributed by atoms with van der Waals surface area (Å²) in [6.45, 7) is 6.05. The topological polar surface area (TPSA) is 26.3 Å². The van der Waals surface area contributed by atoms with Gasteiger partial charge in [0.2, 0.25) is 0 Å². The van der Waals surface area contributed by atoms with Crippen LogP contribution in [0.15, 0.2) is 0 Å². The average Bonchev–Trinajstić information content (AvgIpc) is 2.29. The number of rotatable bonds is 6. The number of hydrogen-bond acceptors (Lipinski definition) is 2. The van der Waals surface area contributed by atoms with Crippen molar-refractivity contribution in [1.82, 2.24) is 0 Å². The predicted octanol–water partition coefficient (Wildman–Crippen LogP) is 3.73. The molecule has 1 fully saturated rings. The summed E-state index contributed by atoms with van der Waals surface area (Å²) in [7, 11) is 0. The molecule has 0 radical (unpaired) electrons. The van der Waals surface area contributed by atoms with E-state index in [1.807, 2.05) is 13.8 Å². The molecule has 1 rings (SSSR count). The molecule has 0 unspecified atom stereocenters. The van der Waals surface area contributed by atoms with Gasteiger partial charge < -0.3 is 4.74 Å². The van der Waals surface area contributed by atoms with Crippen LogP contribution in [0, 0.1) is 5.92 Å². The van der Waals surface area contributed by atoms with Crippen molar-refractivity contribution in [3.8, 4) is 0 Å². The van der Waals surface area contributed by atoms with Crippen molar-refractivity contribution in [2.75, 3.05) is 0 Å². The molecule has 16 heavy (non-hydrogen) atoms. The fourth-order valence-corrected chi connectivity index (χ4v) is 2.34. The molecule has 0 aromatic rings. The predicted molar refractivity (Wildman–Crippen MR) is 66.5 cm³/mol. The highest BCUT2D eigenvalue weighted by Gasteiger charge is 2.25. The number of ether oxygens (including phenoxy) is 1. The second kappa shape index (κ2) is 7.05. The molecule has 0 bridgehead atoms. The molecule has 0 aromatic heterocycles. The van der Waals surface area contributed by atoms with E-state index in [4.69, 9.17) is 4.74 Å². The molecule has 0 aliphatic heterocycles. The fraction of sp³-hybridized carbons (Fsp3) is 0.929. The largest absolute Gasteiger partial charge is 0.367 e. The van der Waals surface area contributed by atoms with Gasteiger partial charge in [0.25, 0.3) is 0 Å². The van der Waals surface area contributed by atoms with Crippen LogP contribution >= 0.6 is 0 Å². The zero-order chi connectivity index (χ0) is 12.0. The van der Waals surface area contributed by atoms with Crippen molar-refractivity contribution in [2.45, 2.75) is 77.9 Å². The summed E-state index contributed by atoms with van der Waals surface area (Å²) in [5, 5.41) is 0. The Labute approximate surface area is 99.8 Å². The Morgan fingerprint density at radius 2 is 1.88 bits per heavy atom. The Morgan fingerprint density at radius 3 is 2.38 bits per heavy atom. The van der Waals surface area contributed by atoms with Crippen LogP contribution in [0.1, 0.15) is 65.7 Å². The summed E-state index contributed by atoms with van der Waals surface area (Å²) in [4.78, 5) is 12.0. The van der Waals surface area contributed by atoms with Gasteiger partial charge >= 0.3 is 0 Å². The van der Waals surface area contributed by atoms with Crippen LogP contribution in [-0.4, -0.2) is 18.0 Å². The Kier molecular flexibility index (Phi) is 6.04. The SMILES string of the molecule is CCC[C@H](OC1CCCCC1)C(=O)C(C)C. The van der Waals surface area contributed by atoms with Crippen LogP contribution < -0.4 is 0 Å². The number of ketones is 1. The van der Waals surface area contributed by atoms with Crippen LogP contribution in [0.5, 0.6) is 0 Å². The Bertz CT molecular complexity index is 205. The molecule has 0 saturated heterocycles. The normalized spacial score (nSPS) is 20.0. The number of Topliss-reactive ketones (excluding diaryl/α,β-unsaturated/α-hetero) is 1. The minimum absolute atomic E-state index is 0.0974. The lowest BCUT2D eigenvalue weighted by Crippen LogP contribution is -2.33. The van der Waals surface area contributed by atoms with Crippen LogP contribution in [0.4, 0.5) is 0 Å². The maximum atomic E-state index is 12.0. The third-order valence-corrected chi connectivity index (χ3v) is 3.35. The number of hydrogen-bond donors (Lipinski definition) is 0. The van der Waals surface area contributed by atoms with Gasteiger partial charge in [-0.15, -0.1) is 0 Å². The van der Waals surface area contributed by atoms with E-state index in [2.05, 4.69) is 6.92 Å². The van der Waals surface area contributed by atoms with Crippen LogP contribution in [0.2, 0.25) is 0 Å². The molecule has 2 nitrogen and oxygen atoms in total. The molecule has 1 atom stereocenters. The van der Waals surface area contributed by atoms with E-state index in [0.717, 1.165) is 25.7 Å². The smallest absolute Gasteiger partial charge is 0.164 e. The van der Waals surface area contributed by atoms with E-state index in [-0.39, 0.29) is 17.8 Å². The van der Waals surface area contributed by atoms with Gasteiger partial charge in [-0.3, -0.25) is 4.79 Å². The third kappa shape index (κ3) is 4.25. The van der Waals surface area contributed by atoms with E-state index >= 15 is 0 Å². The molecule has 0 heterocycles. The molecule has 0 N–H and O–H groups in total. The molecule has 1 aliphatic rings. The maximum absolute atomic E-state index is 12.0. The molecule has 1 saturated carbocycles. The fourth-order valence-electron chi connectivity index (χ4n) is 2.34. The molecule has 0 amide bonds. The van der Waals surface area contributed by atoms with Crippen LogP contribution in [-0.2, 0) is 9.53 Å². The third-order valence-electron chi connectivity index (χ3n) is 3.35. The second-order valence-corrected chi connectivity index (χ2v) is 5.23. The Balaban J connectivity index is 2.45. The highest BCUT2D eigenvalue weighted by Crippen LogP contribution is 2.23. The average molecular weight is 226 g/mol. The summed E-state index contributed by atoms with van der Waals surface area (Å²) < 4.78 is 6.01. The summed E-state index contributed by atoms with van der Waals surface area (Å²) in [5.41, 5.74) is 0. The van der Waals surface area contributed by atoms with Crippen molar-refractivity contribution in [2.24, 2.45) is 5.92 Å². The van der Waals surface area contributed by atoms with E-state index in [1.165, 1.54) is 19.3 Å². The lowest BCUT2D eigenvalue weighted by molar-refractivity contribution is -0.139. The molecule has 2 heteroatoms. The van der Waals surface area contributed by atoms with E-state index in [1.54, 1.807) is 0 Å². The Morgan fingerprint density at radius 1 is 1.25 bits per heavy atom. The van der Waals surface area contributed by atoms with E-state index < -0.39 is 0 Å². The Hall–Kier alpha value is -0.370. The van der Waals surface area contributed by atoms with Crippen LogP contribution in [0.25, 0.3) is 0 Å². The highest BCUT2D eigenvalue weighted by molar-refractivity contribution is 5.84. The first-order valence-electron chi connectivity index (χ1n) is 6.84. The van der Waals surface area contributed by atoms with Gasteiger partial charge in [-0.25, -0.2) is 0 Å². The molecule has 0 aromatic carbocycles. The van der Waals surface area contributed by atoms with Gasteiger partial charge in [0, 0.05) is 5.92 Å². The first-order valence-corrected chi connectivity index (χ1v) is 6.84. The molecular formula is C14H26O2. The van der Waals surface area contributed by atoms with Gasteiger partial charge in [0.15, 0.2) is 5.78 Å². The van der Waals surface area contributed by atoms with Crippen molar-refractivity contribution >= 4 is 5.78 Å². The highest BCUT2D eigenvalue weighted by atomic mass is 16.5. The van der Waals surface area contributed by atoms with Crippen LogP contribution in [0.3, 0.4) is 0 Å². The summed E-state index contributed by atoms with van der Waals surface area (Å²) in [6, 6.07) is 0. The van der Waals surface area contributed by atoms with Crippen molar-refractivity contribution in [3.05, 3.63) is 0 Å². The number of carbonyl (C=O) groups is 1. The van der Waals surface area contributed by atoms with E-state index in [9.17, 15) is 4.79 Å². The minimum Gasteiger partial charge on any atom is -0.367 e. The van der Waals surface area contributed by atoms with E-state index in [0.29, 0.717) is 6.10 Å². The lowest BCUT2D eigenvalue weighted by atomic mass is 9.96. The quantitative estimate of drug-likeness (QED) is 0.690. The summed E-state index contributed by atoms with van der Waals surface area (Å²) in [5.74, 6) is 0.382. The van der Waals surface area contributed by atoms with Crippen molar-refractivity contribution < 1.29 is 9.53 Å². The van der Waals surface area contributed by atoms with Gasteiger partial charge in [0.1, 0.15) is 6.10 Å². The first-order chi connectivity index (χ1) is 7.65. The molecular weight excluding hydrogens is 200 g/mol. The molecule has 1 aliphatic carbocycles. The zero-order valence-electron chi connectivity index (χ0n) is 11.0. The van der Waals surface area contributed by atoms with Crippen molar-refractivity contribution in [3.63, 3.8) is 0 Å². The minimum atomic E-state index is -0.145. The monoisotopic (exact) mass is 226 g/mol. The summed E-state index contributed by atoms with van der Waals surface area (Å²) >= 11 is 0. The van der Waals surface area contributed by atoms with Gasteiger partial charge in [-0.1, -0.05) is 46.5 Å². The second-order valence-electron chi connectivity index (χ2n) is 5.23. The summed E-state index contributed by atoms with van der Waals surface area (Å²) in [6.07, 6.45) is 8.25. The van der Waals surface area contributed by atoms with Gasteiger partial charge in [0.05, 0.1) is 6.10 Å². The van der Waals surface area contributed by atoms with Gasteiger partial charge in [-0.05, 0) is 19.3 Å². The standard InChI is InChI=1S/C14H26O2/c1-4-8-13(14(15)11(2)3)16-12-9-6-5-7-10-12/h11-13H,4-10H2,1-3H3/t13-/m0/s1. The maximum Gasteiger partial charge on any atom is 0.164 e. The first kappa shape index (κ1) is 13.7. The lowest BCUT2D eigenvalue weighted by Gasteiger charge is -2.27. The van der Waals surface area contributed by atoms with Gasteiger partial charge in [-0.2, -0.15) is 0 Å². The molecule has 94 valence electrons. The number of carbonyl (C=O) groups excluding carboxylic acids is 1. The van der Waals surface area contributed by atoms with Crippen molar-refractivity contribution in [1.29, 1.82) is 0 Å².